The number of nitrogens with one attached hydrogen (secondary N) is 1. The highest BCUT2D eigenvalue weighted by molar-refractivity contribution is 5.43. The van der Waals surface area contributed by atoms with Gasteiger partial charge >= 0.3 is 0 Å². The van der Waals surface area contributed by atoms with E-state index in [-0.39, 0.29) is 11.6 Å². The van der Waals surface area contributed by atoms with Crippen LogP contribution in [0.15, 0.2) is 18.2 Å². The number of benzene rings is 1. The van der Waals surface area contributed by atoms with Gasteiger partial charge in [-0.05, 0) is 32.0 Å². The Hall–Kier alpha value is -1.26. The first-order chi connectivity index (χ1) is 9.62. The fourth-order valence-corrected chi connectivity index (χ4v) is 2.82. The molecule has 1 aromatic carbocycles. The van der Waals surface area contributed by atoms with E-state index in [1.54, 1.807) is 21.3 Å². The zero-order valence-electron chi connectivity index (χ0n) is 13.4. The van der Waals surface area contributed by atoms with Crippen molar-refractivity contribution in [3.63, 3.8) is 0 Å². The lowest BCUT2D eigenvalue weighted by Gasteiger charge is -2.39. The normalized spacial score (nSPS) is 13.1. The summed E-state index contributed by atoms with van der Waals surface area (Å²) in [5.41, 5.74) is 0.831. The number of rotatable bonds is 8. The van der Waals surface area contributed by atoms with Crippen LogP contribution < -0.4 is 14.8 Å². The van der Waals surface area contributed by atoms with Crippen LogP contribution in [0.4, 0.5) is 0 Å². The molecule has 0 bridgehead atoms. The topological polar surface area (TPSA) is 39.7 Å². The molecule has 0 aromatic heterocycles. The van der Waals surface area contributed by atoms with Gasteiger partial charge in [0.1, 0.15) is 11.5 Å². The number of methoxy groups -OCH3 is 3. The van der Waals surface area contributed by atoms with Gasteiger partial charge in [0.25, 0.3) is 0 Å². The molecule has 0 amide bonds. The van der Waals surface area contributed by atoms with Gasteiger partial charge in [0.15, 0.2) is 0 Å². The maximum atomic E-state index is 5.85. The van der Waals surface area contributed by atoms with E-state index in [1.165, 1.54) is 0 Å². The van der Waals surface area contributed by atoms with Gasteiger partial charge in [-0.15, -0.1) is 0 Å². The monoisotopic (exact) mass is 281 g/mol. The molecule has 0 radical (unpaired) electrons. The summed E-state index contributed by atoms with van der Waals surface area (Å²) < 4.78 is 16.6. The van der Waals surface area contributed by atoms with Crippen molar-refractivity contribution in [3.05, 3.63) is 23.8 Å². The Bertz CT molecular complexity index is 408. The predicted molar refractivity (Wildman–Crippen MR) is 81.7 cm³/mol. The Morgan fingerprint density at radius 2 is 1.75 bits per heavy atom. The first-order valence-electron chi connectivity index (χ1n) is 7.06. The van der Waals surface area contributed by atoms with Crippen LogP contribution in [0.3, 0.4) is 0 Å². The molecule has 0 aliphatic rings. The number of hydrogen-bond acceptors (Lipinski definition) is 4. The molecule has 4 heteroatoms. The summed E-state index contributed by atoms with van der Waals surface area (Å²) in [5, 5.41) is 3.38. The van der Waals surface area contributed by atoms with Gasteiger partial charge < -0.3 is 19.5 Å². The smallest absolute Gasteiger partial charge is 0.127 e. The first-order valence-corrected chi connectivity index (χ1v) is 7.06. The maximum absolute atomic E-state index is 5.85. The van der Waals surface area contributed by atoms with Gasteiger partial charge in [-0.3, -0.25) is 0 Å². The van der Waals surface area contributed by atoms with Gasteiger partial charge in [-0.25, -0.2) is 0 Å². The number of likely N-dealkylation sites (N-methyl/N-ethyl adjacent to an activating group) is 1. The van der Waals surface area contributed by atoms with Gasteiger partial charge in [-0.1, -0.05) is 13.8 Å². The van der Waals surface area contributed by atoms with Gasteiger partial charge in [0.2, 0.25) is 0 Å². The molecule has 0 fully saturated rings. The summed E-state index contributed by atoms with van der Waals surface area (Å²) in [6.07, 6.45) is 1.83. The second-order valence-corrected chi connectivity index (χ2v) is 4.81. The van der Waals surface area contributed by atoms with Crippen LogP contribution in [-0.2, 0) is 4.74 Å². The van der Waals surface area contributed by atoms with Crippen molar-refractivity contribution < 1.29 is 14.2 Å². The fraction of sp³-hybridized carbons (Fsp3) is 0.625. The quantitative estimate of drug-likeness (QED) is 0.794. The zero-order chi connectivity index (χ0) is 15.2. The molecule has 0 heterocycles. The molecule has 0 saturated carbocycles. The molecule has 4 nitrogen and oxygen atoms in total. The van der Waals surface area contributed by atoms with Gasteiger partial charge in [0, 0.05) is 18.7 Å². The van der Waals surface area contributed by atoms with Crippen LogP contribution >= 0.6 is 0 Å². The second-order valence-electron chi connectivity index (χ2n) is 4.81. The standard InChI is InChI=1S/C16H27NO3/c1-7-16(8-2,20-6)15(17-3)13-10-9-12(18-4)11-14(13)19-5/h9-11,15,17H,7-8H2,1-6H3. The van der Waals surface area contributed by atoms with Crippen LogP contribution in [0.5, 0.6) is 11.5 Å². The average Bonchev–Trinajstić information content (AvgIpc) is 2.52. The van der Waals surface area contributed by atoms with E-state index >= 15 is 0 Å². The summed E-state index contributed by atoms with van der Waals surface area (Å²) in [4.78, 5) is 0. The van der Waals surface area contributed by atoms with Crippen molar-refractivity contribution >= 4 is 0 Å². The van der Waals surface area contributed by atoms with E-state index in [9.17, 15) is 0 Å². The van der Waals surface area contributed by atoms with E-state index in [4.69, 9.17) is 14.2 Å². The van der Waals surface area contributed by atoms with E-state index in [0.29, 0.717) is 0 Å². The van der Waals surface area contributed by atoms with E-state index < -0.39 is 0 Å². The van der Waals surface area contributed by atoms with Crippen molar-refractivity contribution in [3.8, 4) is 11.5 Å². The maximum Gasteiger partial charge on any atom is 0.127 e. The second kappa shape index (κ2) is 7.50. The SMILES string of the molecule is CCC(CC)(OC)C(NC)c1ccc(OC)cc1OC. The molecule has 0 aliphatic carbocycles. The molecule has 1 rings (SSSR count). The predicted octanol–water partition coefficient (Wildman–Crippen LogP) is 3.17. The molecule has 0 aliphatic heterocycles. The molecule has 1 unspecified atom stereocenters. The molecule has 1 N–H and O–H groups in total. The Labute approximate surface area is 122 Å². The summed E-state index contributed by atoms with van der Waals surface area (Å²) in [7, 11) is 7.06. The van der Waals surface area contributed by atoms with Crippen LogP contribution in [-0.4, -0.2) is 34.0 Å². The average molecular weight is 281 g/mol. The molecule has 1 aromatic rings. The molecule has 0 saturated heterocycles. The Morgan fingerprint density at radius 3 is 2.15 bits per heavy atom. The summed E-state index contributed by atoms with van der Waals surface area (Å²) >= 11 is 0. The molecule has 20 heavy (non-hydrogen) atoms. The minimum atomic E-state index is -0.253. The molecular formula is C16H27NO3. The molecule has 1 atom stereocenters. The van der Waals surface area contributed by atoms with Gasteiger partial charge in [0.05, 0.1) is 25.9 Å². The Kier molecular flexibility index (Phi) is 6.30. The summed E-state index contributed by atoms with van der Waals surface area (Å²) in [5.74, 6) is 1.60. The third-order valence-corrected chi connectivity index (χ3v) is 4.17. The van der Waals surface area contributed by atoms with Crippen LogP contribution in [0, 0.1) is 0 Å². The molecule has 0 spiro atoms. The zero-order valence-corrected chi connectivity index (χ0v) is 13.4. The number of ether oxygens (including phenoxy) is 3. The highest BCUT2D eigenvalue weighted by Crippen LogP contribution is 2.39. The number of hydrogen-bond donors (Lipinski definition) is 1. The van der Waals surface area contributed by atoms with E-state index in [0.717, 1.165) is 29.9 Å². The van der Waals surface area contributed by atoms with Crippen molar-refractivity contribution in [2.24, 2.45) is 0 Å². The minimum Gasteiger partial charge on any atom is -0.497 e. The van der Waals surface area contributed by atoms with E-state index in [1.807, 2.05) is 25.2 Å². The van der Waals surface area contributed by atoms with Gasteiger partial charge in [-0.2, -0.15) is 0 Å². The van der Waals surface area contributed by atoms with Crippen molar-refractivity contribution in [1.29, 1.82) is 0 Å². The van der Waals surface area contributed by atoms with Crippen molar-refractivity contribution in [2.75, 3.05) is 28.4 Å². The first kappa shape index (κ1) is 16.8. The van der Waals surface area contributed by atoms with Crippen LogP contribution in [0.25, 0.3) is 0 Å². The lowest BCUT2D eigenvalue weighted by atomic mass is 9.83. The Balaban J connectivity index is 3.30. The highest BCUT2D eigenvalue weighted by Gasteiger charge is 2.37. The minimum absolute atomic E-state index is 0.0587. The third kappa shape index (κ3) is 3.07. The Morgan fingerprint density at radius 1 is 1.10 bits per heavy atom. The van der Waals surface area contributed by atoms with Crippen LogP contribution in [0.2, 0.25) is 0 Å². The van der Waals surface area contributed by atoms with Crippen molar-refractivity contribution in [2.45, 2.75) is 38.3 Å². The van der Waals surface area contributed by atoms with Crippen molar-refractivity contribution in [1.82, 2.24) is 5.32 Å². The summed E-state index contributed by atoms with van der Waals surface area (Å²) in [6.45, 7) is 4.29. The lowest BCUT2D eigenvalue weighted by molar-refractivity contribution is -0.0472. The van der Waals surface area contributed by atoms with E-state index in [2.05, 4.69) is 19.2 Å². The molecular weight excluding hydrogens is 254 g/mol. The lowest BCUT2D eigenvalue weighted by Crippen LogP contribution is -2.43. The molecule has 114 valence electrons. The third-order valence-electron chi connectivity index (χ3n) is 4.17. The fourth-order valence-electron chi connectivity index (χ4n) is 2.82. The highest BCUT2D eigenvalue weighted by atomic mass is 16.5. The van der Waals surface area contributed by atoms with Crippen LogP contribution in [0.1, 0.15) is 38.3 Å². The summed E-state index contributed by atoms with van der Waals surface area (Å²) in [6, 6.07) is 5.96. The largest absolute Gasteiger partial charge is 0.497 e.